The fourth-order valence-electron chi connectivity index (χ4n) is 4.74. The average Bonchev–Trinajstić information content (AvgIpc) is 3.47. The van der Waals surface area contributed by atoms with Gasteiger partial charge in [0.1, 0.15) is 17.8 Å². The van der Waals surface area contributed by atoms with E-state index in [0.29, 0.717) is 36.2 Å². The molecule has 1 aliphatic rings. The summed E-state index contributed by atoms with van der Waals surface area (Å²) in [5.41, 5.74) is 2.74. The second kappa shape index (κ2) is 13.5. The number of aromatic hydroxyl groups is 1. The Labute approximate surface area is 244 Å². The fraction of sp³-hybridized carbons (Fsp3) is 0.300. The Kier molecular flexibility index (Phi) is 9.81. The zero-order valence-corrected chi connectivity index (χ0v) is 23.9. The summed E-state index contributed by atoms with van der Waals surface area (Å²) in [5, 5.41) is 27.8. The minimum Gasteiger partial charge on any atom is -0.508 e. The average molecular weight is 595 g/mol. The van der Waals surface area contributed by atoms with Crippen molar-refractivity contribution in [2.75, 3.05) is 18.4 Å². The highest BCUT2D eigenvalue weighted by Gasteiger charge is 2.40. The van der Waals surface area contributed by atoms with E-state index in [1.165, 1.54) is 12.1 Å². The Morgan fingerprint density at radius 2 is 1.71 bits per heavy atom. The molecule has 3 aromatic rings. The summed E-state index contributed by atoms with van der Waals surface area (Å²) in [6.45, 7) is 2.20. The number of aryl methyl sites for hydroxylation is 1. The van der Waals surface area contributed by atoms with E-state index >= 15 is 0 Å². The van der Waals surface area contributed by atoms with Gasteiger partial charge in [-0.25, -0.2) is 18.0 Å². The normalized spacial score (nSPS) is 16.0. The predicted octanol–water partition coefficient (Wildman–Crippen LogP) is 3.03. The number of carboxylic acid groups (broad SMARTS) is 1. The summed E-state index contributed by atoms with van der Waals surface area (Å²) >= 11 is 0. The lowest BCUT2D eigenvalue weighted by molar-refractivity contribution is -0.142. The Hall–Kier alpha value is -4.42. The van der Waals surface area contributed by atoms with E-state index in [1.54, 1.807) is 31.2 Å². The van der Waals surface area contributed by atoms with Crippen LogP contribution in [0.3, 0.4) is 0 Å². The van der Waals surface area contributed by atoms with Gasteiger partial charge in [-0.1, -0.05) is 48.5 Å². The van der Waals surface area contributed by atoms with Gasteiger partial charge in [0.05, 0.1) is 4.90 Å². The minimum atomic E-state index is -4.10. The fourth-order valence-corrected chi connectivity index (χ4v) is 6.42. The molecule has 3 amide bonds. The molecule has 0 saturated carbocycles. The maximum absolute atomic E-state index is 13.2. The SMILES string of the molecule is Cc1ccc(S(=O)(=O)N2CCC[C@H]2C(=O)N[C@@H](Cc2ccc(NC(=O)NCCc3ccccc3)cc2)C(=O)O)cc1O. The van der Waals surface area contributed by atoms with Crippen LogP contribution in [-0.4, -0.2) is 66.0 Å². The van der Waals surface area contributed by atoms with Gasteiger partial charge < -0.3 is 26.2 Å². The zero-order chi connectivity index (χ0) is 30.3. The van der Waals surface area contributed by atoms with Gasteiger partial charge in [0.2, 0.25) is 15.9 Å². The van der Waals surface area contributed by atoms with Gasteiger partial charge in [-0.15, -0.1) is 0 Å². The Morgan fingerprint density at radius 1 is 1.00 bits per heavy atom. The topological polar surface area (TPSA) is 165 Å². The van der Waals surface area contributed by atoms with Crippen LogP contribution in [0.5, 0.6) is 5.75 Å². The second-order valence-corrected chi connectivity index (χ2v) is 12.0. The number of carbonyl (C=O) groups is 3. The molecule has 1 saturated heterocycles. The van der Waals surface area contributed by atoms with Gasteiger partial charge in [0, 0.05) is 31.3 Å². The molecule has 1 heterocycles. The molecule has 0 unspecified atom stereocenters. The van der Waals surface area contributed by atoms with E-state index in [-0.39, 0.29) is 36.1 Å². The van der Waals surface area contributed by atoms with E-state index in [9.17, 15) is 33.0 Å². The first-order valence-corrected chi connectivity index (χ1v) is 15.0. The summed E-state index contributed by atoms with van der Waals surface area (Å²) < 4.78 is 27.5. The molecule has 42 heavy (non-hydrogen) atoms. The van der Waals surface area contributed by atoms with Gasteiger partial charge in [-0.2, -0.15) is 4.31 Å². The van der Waals surface area contributed by atoms with Crippen LogP contribution in [0.25, 0.3) is 0 Å². The van der Waals surface area contributed by atoms with Gasteiger partial charge in [0.15, 0.2) is 0 Å². The van der Waals surface area contributed by atoms with E-state index < -0.39 is 34.0 Å². The maximum Gasteiger partial charge on any atom is 0.326 e. The van der Waals surface area contributed by atoms with Crippen LogP contribution in [0.1, 0.15) is 29.5 Å². The van der Waals surface area contributed by atoms with Crippen molar-refractivity contribution in [3.05, 3.63) is 89.5 Å². The molecular formula is C30H34N4O7S. The van der Waals surface area contributed by atoms with Crippen LogP contribution >= 0.6 is 0 Å². The number of anilines is 1. The molecule has 1 fully saturated rings. The third-order valence-corrected chi connectivity index (χ3v) is 9.01. The van der Waals surface area contributed by atoms with Crippen molar-refractivity contribution in [3.63, 3.8) is 0 Å². The van der Waals surface area contributed by atoms with Crippen molar-refractivity contribution < 1.29 is 33.0 Å². The number of amides is 3. The molecule has 0 bridgehead atoms. The molecule has 12 heteroatoms. The van der Waals surface area contributed by atoms with Gasteiger partial charge in [-0.05, 0) is 61.1 Å². The standard InChI is InChI=1S/C30H34N4O7S/c1-20-9-14-24(19-27(20)35)42(40,41)34-17-5-8-26(34)28(36)33-25(29(37)38)18-22-10-12-23(13-11-22)32-30(39)31-16-15-21-6-3-2-4-7-21/h2-4,6-7,9-14,19,25-26,35H,5,8,15-18H2,1H3,(H,33,36)(H,37,38)(H2,31,32,39)/t25-,26-/m0/s1. The number of rotatable bonds is 11. The predicted molar refractivity (Wildman–Crippen MR) is 157 cm³/mol. The highest BCUT2D eigenvalue weighted by Crippen LogP contribution is 2.29. The number of aliphatic carboxylic acids is 1. The third kappa shape index (κ3) is 7.65. The number of hydrogen-bond donors (Lipinski definition) is 5. The first-order chi connectivity index (χ1) is 20.0. The molecule has 222 valence electrons. The van der Waals surface area contributed by atoms with Crippen LogP contribution in [0, 0.1) is 6.92 Å². The second-order valence-electron chi connectivity index (χ2n) is 10.1. The monoisotopic (exact) mass is 594 g/mol. The van der Waals surface area contributed by atoms with Crippen molar-refractivity contribution in [1.82, 2.24) is 14.9 Å². The maximum atomic E-state index is 13.2. The van der Waals surface area contributed by atoms with Crippen molar-refractivity contribution in [2.45, 2.75) is 49.6 Å². The first kappa shape index (κ1) is 30.5. The van der Waals surface area contributed by atoms with Gasteiger partial charge in [0.25, 0.3) is 0 Å². The number of phenols is 1. The molecule has 2 atom stereocenters. The number of benzene rings is 3. The van der Waals surface area contributed by atoms with Gasteiger partial charge in [-0.3, -0.25) is 4.79 Å². The lowest BCUT2D eigenvalue weighted by Gasteiger charge is -2.25. The molecular weight excluding hydrogens is 560 g/mol. The van der Waals surface area contributed by atoms with Gasteiger partial charge >= 0.3 is 12.0 Å². The van der Waals surface area contributed by atoms with E-state index in [0.717, 1.165) is 15.9 Å². The van der Waals surface area contributed by atoms with Crippen LogP contribution in [0.4, 0.5) is 10.5 Å². The summed E-state index contributed by atoms with van der Waals surface area (Å²) in [7, 11) is -4.10. The molecule has 0 spiro atoms. The molecule has 1 aliphatic heterocycles. The molecule has 0 aliphatic carbocycles. The van der Waals surface area contributed by atoms with E-state index in [1.807, 2.05) is 30.3 Å². The smallest absolute Gasteiger partial charge is 0.326 e. The van der Waals surface area contributed by atoms with E-state index in [2.05, 4.69) is 16.0 Å². The molecule has 4 rings (SSSR count). The van der Waals surface area contributed by atoms with Crippen molar-refractivity contribution in [2.24, 2.45) is 0 Å². The van der Waals surface area contributed by atoms with Crippen LogP contribution in [0.15, 0.2) is 77.7 Å². The number of carboxylic acids is 1. The first-order valence-electron chi connectivity index (χ1n) is 13.6. The summed E-state index contributed by atoms with van der Waals surface area (Å²) in [5.74, 6) is -2.14. The molecule has 0 aromatic heterocycles. The highest BCUT2D eigenvalue weighted by atomic mass is 32.2. The quantitative estimate of drug-likeness (QED) is 0.228. The van der Waals surface area contributed by atoms with Crippen molar-refractivity contribution in [1.29, 1.82) is 0 Å². The zero-order valence-electron chi connectivity index (χ0n) is 23.1. The third-order valence-electron chi connectivity index (χ3n) is 7.10. The molecule has 3 aromatic carbocycles. The highest BCUT2D eigenvalue weighted by molar-refractivity contribution is 7.89. The summed E-state index contributed by atoms with van der Waals surface area (Å²) in [4.78, 5) is 37.2. The molecule has 11 nitrogen and oxygen atoms in total. The van der Waals surface area contributed by atoms with Crippen molar-refractivity contribution >= 4 is 33.6 Å². The largest absolute Gasteiger partial charge is 0.508 e. The van der Waals surface area contributed by atoms with E-state index in [4.69, 9.17) is 0 Å². The van der Waals surface area contributed by atoms with Crippen molar-refractivity contribution in [3.8, 4) is 5.75 Å². The number of nitrogens with zero attached hydrogens (tertiary/aromatic N) is 1. The van der Waals surface area contributed by atoms with Crippen LogP contribution in [0.2, 0.25) is 0 Å². The number of hydrogen-bond acceptors (Lipinski definition) is 6. The Balaban J connectivity index is 1.33. The van der Waals surface area contributed by atoms with Crippen LogP contribution in [-0.2, 0) is 32.5 Å². The summed E-state index contributed by atoms with van der Waals surface area (Å²) in [6, 6.07) is 17.6. The summed E-state index contributed by atoms with van der Waals surface area (Å²) in [6.07, 6.45) is 1.32. The molecule has 0 radical (unpaired) electrons. The molecule has 5 N–H and O–H groups in total. The van der Waals surface area contributed by atoms with Crippen LogP contribution < -0.4 is 16.0 Å². The number of sulfonamides is 1. The lowest BCUT2D eigenvalue weighted by atomic mass is 10.0. The number of phenolic OH excluding ortho intramolecular Hbond substituents is 1. The number of carbonyl (C=O) groups excluding carboxylic acids is 2. The lowest BCUT2D eigenvalue weighted by Crippen LogP contribution is -2.51. The minimum absolute atomic E-state index is 0.0457. The Bertz CT molecular complexity index is 1530. The number of nitrogens with one attached hydrogen (secondary N) is 3. The Morgan fingerprint density at radius 3 is 2.38 bits per heavy atom. The number of urea groups is 1.